The molecular weight excluding hydrogens is 267 g/mol. The van der Waals surface area contributed by atoms with Gasteiger partial charge in [0.05, 0.1) is 6.61 Å². The normalized spacial score (nSPS) is 20.0. The average molecular weight is 294 g/mol. The van der Waals surface area contributed by atoms with Crippen LogP contribution >= 0.6 is 0 Å². The van der Waals surface area contributed by atoms with E-state index in [4.69, 9.17) is 4.74 Å². The Bertz CT molecular complexity index is 478. The molecule has 2 atom stereocenters. The lowest BCUT2D eigenvalue weighted by atomic mass is 10.0. The van der Waals surface area contributed by atoms with Crippen LogP contribution < -0.4 is 10.2 Å². The second-order valence-corrected chi connectivity index (χ2v) is 6.00. The summed E-state index contributed by atoms with van der Waals surface area (Å²) in [5.74, 6) is 0.453. The molecule has 1 aromatic rings. The fourth-order valence-corrected chi connectivity index (χ4v) is 3.14. The second kappa shape index (κ2) is 7.23. The minimum absolute atomic E-state index is 0.119. The fraction of sp³-hybridized carbons (Fsp3) is 0.647. The highest BCUT2D eigenvalue weighted by Gasteiger charge is 2.26. The van der Waals surface area contributed by atoms with Gasteiger partial charge in [-0.2, -0.15) is 0 Å². The van der Waals surface area contributed by atoms with E-state index in [1.54, 1.807) is 13.2 Å². The van der Waals surface area contributed by atoms with E-state index in [9.17, 15) is 4.39 Å². The minimum atomic E-state index is -0.119. The van der Waals surface area contributed by atoms with E-state index in [1.165, 1.54) is 5.69 Å². The van der Waals surface area contributed by atoms with Crippen LogP contribution in [0, 0.1) is 18.7 Å². The average Bonchev–Trinajstić information content (AvgIpc) is 2.90. The Kier molecular flexibility index (Phi) is 5.59. The summed E-state index contributed by atoms with van der Waals surface area (Å²) in [6.45, 7) is 9.70. The van der Waals surface area contributed by atoms with Crippen LogP contribution in [0.25, 0.3) is 0 Å². The molecule has 0 amide bonds. The summed E-state index contributed by atoms with van der Waals surface area (Å²) in [6.07, 6.45) is 1.14. The van der Waals surface area contributed by atoms with E-state index in [1.807, 2.05) is 13.0 Å². The van der Waals surface area contributed by atoms with Gasteiger partial charge in [0.25, 0.3) is 0 Å². The summed E-state index contributed by atoms with van der Waals surface area (Å²) >= 11 is 0. The SMILES string of the molecule is CCNC(C)c1cc(F)c(C)cc1N1CCC(COC)C1. The number of hydrogen-bond acceptors (Lipinski definition) is 3. The molecule has 0 radical (unpaired) electrons. The first-order valence-corrected chi connectivity index (χ1v) is 7.84. The third-order valence-electron chi connectivity index (χ3n) is 4.31. The zero-order valence-corrected chi connectivity index (χ0v) is 13.6. The number of nitrogens with one attached hydrogen (secondary N) is 1. The number of hydrogen-bond donors (Lipinski definition) is 1. The lowest BCUT2D eigenvalue weighted by molar-refractivity contribution is 0.161. The molecule has 2 rings (SSSR count). The minimum Gasteiger partial charge on any atom is -0.384 e. The highest BCUT2D eigenvalue weighted by molar-refractivity contribution is 5.57. The Morgan fingerprint density at radius 3 is 2.90 bits per heavy atom. The Morgan fingerprint density at radius 1 is 1.48 bits per heavy atom. The summed E-state index contributed by atoms with van der Waals surface area (Å²) in [6, 6.07) is 3.84. The molecule has 0 bridgehead atoms. The van der Waals surface area contributed by atoms with Crippen molar-refractivity contribution in [3.8, 4) is 0 Å². The Morgan fingerprint density at radius 2 is 2.24 bits per heavy atom. The largest absolute Gasteiger partial charge is 0.384 e. The molecular formula is C17H27FN2O. The van der Waals surface area contributed by atoms with Crippen molar-refractivity contribution in [1.29, 1.82) is 0 Å². The summed E-state index contributed by atoms with van der Waals surface area (Å²) in [4.78, 5) is 2.37. The zero-order valence-electron chi connectivity index (χ0n) is 13.6. The summed E-state index contributed by atoms with van der Waals surface area (Å²) in [7, 11) is 1.75. The highest BCUT2D eigenvalue weighted by Crippen LogP contribution is 2.33. The molecule has 1 N–H and O–H groups in total. The smallest absolute Gasteiger partial charge is 0.126 e. The summed E-state index contributed by atoms with van der Waals surface area (Å²) < 4.78 is 19.2. The van der Waals surface area contributed by atoms with Gasteiger partial charge in [-0.1, -0.05) is 6.92 Å². The first kappa shape index (κ1) is 16.2. The predicted octanol–water partition coefficient (Wildman–Crippen LogP) is 3.28. The van der Waals surface area contributed by atoms with E-state index in [2.05, 4.69) is 24.1 Å². The van der Waals surface area contributed by atoms with Crippen molar-refractivity contribution in [2.45, 2.75) is 33.2 Å². The molecule has 0 saturated carbocycles. The van der Waals surface area contributed by atoms with E-state index in [0.29, 0.717) is 11.5 Å². The van der Waals surface area contributed by atoms with Gasteiger partial charge in [0, 0.05) is 37.8 Å². The summed E-state index contributed by atoms with van der Waals surface area (Å²) in [5, 5.41) is 3.39. The van der Waals surface area contributed by atoms with E-state index < -0.39 is 0 Å². The van der Waals surface area contributed by atoms with Crippen molar-refractivity contribution in [3.63, 3.8) is 0 Å². The van der Waals surface area contributed by atoms with Gasteiger partial charge in [0.2, 0.25) is 0 Å². The van der Waals surface area contributed by atoms with Gasteiger partial charge < -0.3 is 15.0 Å². The first-order valence-electron chi connectivity index (χ1n) is 7.84. The molecule has 1 aromatic carbocycles. The van der Waals surface area contributed by atoms with Gasteiger partial charge in [0.15, 0.2) is 0 Å². The quantitative estimate of drug-likeness (QED) is 0.871. The maximum absolute atomic E-state index is 14.0. The molecule has 0 aliphatic carbocycles. The lowest BCUT2D eigenvalue weighted by Crippen LogP contribution is -2.26. The molecule has 3 nitrogen and oxygen atoms in total. The van der Waals surface area contributed by atoms with Gasteiger partial charge >= 0.3 is 0 Å². The van der Waals surface area contributed by atoms with Crippen LogP contribution in [0.15, 0.2) is 12.1 Å². The van der Waals surface area contributed by atoms with Crippen LogP contribution in [-0.4, -0.2) is 33.4 Å². The zero-order chi connectivity index (χ0) is 15.4. The molecule has 118 valence electrons. The standard InChI is InChI=1S/C17H27FN2O/c1-5-19-13(3)15-9-16(18)12(2)8-17(15)20-7-6-14(10-20)11-21-4/h8-9,13-14,19H,5-7,10-11H2,1-4H3. The number of rotatable bonds is 6. The van der Waals surface area contributed by atoms with Crippen LogP contribution in [0.1, 0.15) is 37.4 Å². The van der Waals surface area contributed by atoms with E-state index in [-0.39, 0.29) is 11.9 Å². The first-order chi connectivity index (χ1) is 10.1. The van der Waals surface area contributed by atoms with Gasteiger partial charge in [-0.25, -0.2) is 4.39 Å². The third-order valence-corrected chi connectivity index (χ3v) is 4.31. The molecule has 1 aliphatic heterocycles. The van der Waals surface area contributed by atoms with Gasteiger partial charge in [0.1, 0.15) is 5.82 Å². The number of aryl methyl sites for hydroxylation is 1. The summed E-state index contributed by atoms with van der Waals surface area (Å²) in [5.41, 5.74) is 2.94. The second-order valence-electron chi connectivity index (χ2n) is 6.00. The van der Waals surface area contributed by atoms with Crippen molar-refractivity contribution in [2.75, 3.05) is 38.3 Å². The van der Waals surface area contributed by atoms with Crippen molar-refractivity contribution in [3.05, 3.63) is 29.1 Å². The molecule has 4 heteroatoms. The van der Waals surface area contributed by atoms with E-state index >= 15 is 0 Å². The highest BCUT2D eigenvalue weighted by atomic mass is 19.1. The van der Waals surface area contributed by atoms with Gasteiger partial charge in [-0.15, -0.1) is 0 Å². The van der Waals surface area contributed by atoms with Gasteiger partial charge in [-0.05, 0) is 50.1 Å². The molecule has 1 fully saturated rings. The van der Waals surface area contributed by atoms with Crippen molar-refractivity contribution >= 4 is 5.69 Å². The van der Waals surface area contributed by atoms with Crippen molar-refractivity contribution in [1.82, 2.24) is 5.32 Å². The molecule has 0 aromatic heterocycles. The Balaban J connectivity index is 2.27. The van der Waals surface area contributed by atoms with E-state index in [0.717, 1.165) is 38.2 Å². The maximum atomic E-state index is 14.0. The van der Waals surface area contributed by atoms with Crippen LogP contribution in [0.4, 0.5) is 10.1 Å². The molecule has 1 saturated heterocycles. The number of ether oxygens (including phenoxy) is 1. The van der Waals surface area contributed by atoms with Gasteiger partial charge in [-0.3, -0.25) is 0 Å². The Hall–Kier alpha value is -1.13. The van der Waals surface area contributed by atoms with Crippen LogP contribution in [0.2, 0.25) is 0 Å². The Labute approximate surface area is 127 Å². The monoisotopic (exact) mass is 294 g/mol. The van der Waals surface area contributed by atoms with Crippen molar-refractivity contribution < 1.29 is 9.13 Å². The maximum Gasteiger partial charge on any atom is 0.126 e. The predicted molar refractivity (Wildman–Crippen MR) is 85.4 cm³/mol. The number of methoxy groups -OCH3 is 1. The molecule has 0 spiro atoms. The molecule has 1 heterocycles. The fourth-order valence-electron chi connectivity index (χ4n) is 3.14. The van der Waals surface area contributed by atoms with Crippen LogP contribution in [0.3, 0.4) is 0 Å². The van der Waals surface area contributed by atoms with Crippen molar-refractivity contribution in [2.24, 2.45) is 5.92 Å². The number of benzene rings is 1. The molecule has 21 heavy (non-hydrogen) atoms. The topological polar surface area (TPSA) is 24.5 Å². The third kappa shape index (κ3) is 3.74. The number of anilines is 1. The number of nitrogens with zero attached hydrogens (tertiary/aromatic N) is 1. The molecule has 1 aliphatic rings. The number of halogens is 1. The van der Waals surface area contributed by atoms with Crippen LogP contribution in [0.5, 0.6) is 0 Å². The van der Waals surface area contributed by atoms with Crippen LogP contribution in [-0.2, 0) is 4.74 Å². The molecule has 2 unspecified atom stereocenters. The lowest BCUT2D eigenvalue weighted by Gasteiger charge is -2.26.